The van der Waals surface area contributed by atoms with Crippen molar-refractivity contribution in [1.82, 2.24) is 0 Å². The lowest BCUT2D eigenvalue weighted by molar-refractivity contribution is -0.0266. The monoisotopic (exact) mass is 227 g/mol. The Labute approximate surface area is 95.8 Å². The summed E-state index contributed by atoms with van der Waals surface area (Å²) in [6.07, 6.45) is -0.190. The number of rotatable bonds is 4. The first-order valence-electron chi connectivity index (χ1n) is 4.87. The topological polar surface area (TPSA) is 29.5 Å². The van der Waals surface area contributed by atoms with Gasteiger partial charge in [0, 0.05) is 5.02 Å². The van der Waals surface area contributed by atoms with Gasteiger partial charge in [-0.3, -0.25) is 0 Å². The van der Waals surface area contributed by atoms with Crippen molar-refractivity contribution in [3.63, 3.8) is 0 Å². The first-order chi connectivity index (χ1) is 6.95. The molecule has 0 aromatic heterocycles. The third kappa shape index (κ3) is 3.40. The van der Waals surface area contributed by atoms with Crippen LogP contribution in [0.2, 0.25) is 5.02 Å². The number of halogens is 1. The normalized spacial score (nSPS) is 13.7. The van der Waals surface area contributed by atoms with Crippen LogP contribution in [0.1, 0.15) is 20.3 Å². The molecule has 0 saturated carbocycles. The highest BCUT2D eigenvalue weighted by Crippen LogP contribution is 2.24. The first kappa shape index (κ1) is 12.3. The molecule has 0 heterocycles. The van der Waals surface area contributed by atoms with E-state index in [0.29, 0.717) is 17.2 Å². The van der Waals surface area contributed by atoms with Gasteiger partial charge in [-0.1, -0.05) is 24.6 Å². The second-order valence-corrected chi connectivity index (χ2v) is 4.40. The second kappa shape index (κ2) is 4.86. The van der Waals surface area contributed by atoms with E-state index in [-0.39, 0.29) is 0 Å². The molecule has 1 rings (SSSR count). The number of ether oxygens (including phenoxy) is 1. The number of benzene rings is 1. The van der Waals surface area contributed by atoms with Gasteiger partial charge < -0.3 is 9.84 Å². The minimum Gasteiger partial charge on any atom is -0.485 e. The summed E-state index contributed by atoms with van der Waals surface area (Å²) in [7, 11) is 0. The molecule has 0 aliphatic rings. The minimum absolute atomic E-state index is 0.410. The van der Waals surface area contributed by atoms with E-state index in [0.717, 1.165) is 0 Å². The fraction of sp³-hybridized carbons (Fsp3) is 0.417. The Kier molecular flexibility index (Phi) is 4.00. The maximum atomic E-state index is 9.70. The Bertz CT molecular complexity index is 323. The molecule has 1 N–H and O–H groups in total. The number of hydrogen-bond donors (Lipinski definition) is 1. The van der Waals surface area contributed by atoms with E-state index in [4.69, 9.17) is 16.3 Å². The lowest BCUT2D eigenvalue weighted by Crippen LogP contribution is -2.41. The van der Waals surface area contributed by atoms with E-state index in [1.54, 1.807) is 12.1 Å². The van der Waals surface area contributed by atoms with E-state index in [1.807, 2.05) is 26.0 Å². The lowest BCUT2D eigenvalue weighted by Gasteiger charge is -2.30. The van der Waals surface area contributed by atoms with Crippen molar-refractivity contribution in [2.24, 2.45) is 0 Å². The highest BCUT2D eigenvalue weighted by Gasteiger charge is 2.28. The SMILES string of the molecule is [CH2]CC(O)C(C)(C)Oc1cccc(Cl)c1. The Balaban J connectivity index is 2.77. The van der Waals surface area contributed by atoms with E-state index in [9.17, 15) is 5.11 Å². The maximum Gasteiger partial charge on any atom is 0.129 e. The second-order valence-electron chi connectivity index (χ2n) is 3.97. The molecular formula is C12H16ClO2. The van der Waals surface area contributed by atoms with Gasteiger partial charge in [-0.2, -0.15) is 0 Å². The van der Waals surface area contributed by atoms with Gasteiger partial charge in [0.1, 0.15) is 11.4 Å². The molecule has 0 bridgehead atoms. The summed E-state index contributed by atoms with van der Waals surface area (Å²) in [5.74, 6) is 0.653. The molecule has 2 nitrogen and oxygen atoms in total. The summed E-state index contributed by atoms with van der Waals surface area (Å²) < 4.78 is 5.66. The Hall–Kier alpha value is -0.730. The van der Waals surface area contributed by atoms with Gasteiger partial charge in [-0.25, -0.2) is 0 Å². The number of aliphatic hydroxyl groups is 1. The zero-order valence-corrected chi connectivity index (χ0v) is 9.79. The number of aliphatic hydroxyl groups excluding tert-OH is 1. The molecule has 1 radical (unpaired) electrons. The Morgan fingerprint density at radius 2 is 2.20 bits per heavy atom. The molecule has 1 aromatic carbocycles. The van der Waals surface area contributed by atoms with Gasteiger partial charge in [0.2, 0.25) is 0 Å². The van der Waals surface area contributed by atoms with Gasteiger partial charge >= 0.3 is 0 Å². The van der Waals surface area contributed by atoms with Crippen molar-refractivity contribution >= 4 is 11.6 Å². The first-order valence-corrected chi connectivity index (χ1v) is 5.25. The van der Waals surface area contributed by atoms with Crippen molar-refractivity contribution in [3.8, 4) is 5.75 Å². The van der Waals surface area contributed by atoms with Crippen molar-refractivity contribution in [1.29, 1.82) is 0 Å². The summed E-state index contributed by atoms with van der Waals surface area (Å²) in [6.45, 7) is 7.30. The molecule has 1 aromatic rings. The van der Waals surface area contributed by atoms with E-state index in [1.165, 1.54) is 0 Å². The van der Waals surface area contributed by atoms with Crippen LogP contribution in [0.25, 0.3) is 0 Å². The van der Waals surface area contributed by atoms with Crippen LogP contribution in [0.3, 0.4) is 0 Å². The summed E-state index contributed by atoms with van der Waals surface area (Å²) in [5.41, 5.74) is -0.660. The van der Waals surface area contributed by atoms with E-state index in [2.05, 4.69) is 6.92 Å². The molecule has 0 fully saturated rings. The van der Waals surface area contributed by atoms with Crippen LogP contribution in [-0.4, -0.2) is 16.8 Å². The molecule has 0 saturated heterocycles. The van der Waals surface area contributed by atoms with Crippen LogP contribution in [0.15, 0.2) is 24.3 Å². The van der Waals surface area contributed by atoms with Crippen molar-refractivity contribution in [2.45, 2.75) is 32.0 Å². The van der Waals surface area contributed by atoms with Crippen LogP contribution in [0.5, 0.6) is 5.75 Å². The summed E-state index contributed by atoms with van der Waals surface area (Å²) in [4.78, 5) is 0. The highest BCUT2D eigenvalue weighted by atomic mass is 35.5. The number of hydrogen-bond acceptors (Lipinski definition) is 2. The van der Waals surface area contributed by atoms with Gasteiger partial charge in [-0.15, -0.1) is 0 Å². The fourth-order valence-corrected chi connectivity index (χ4v) is 1.43. The molecule has 0 amide bonds. The van der Waals surface area contributed by atoms with E-state index < -0.39 is 11.7 Å². The fourth-order valence-electron chi connectivity index (χ4n) is 1.25. The third-order valence-corrected chi connectivity index (χ3v) is 2.49. The molecule has 0 aliphatic carbocycles. The molecule has 0 spiro atoms. The van der Waals surface area contributed by atoms with E-state index >= 15 is 0 Å². The predicted molar refractivity (Wildman–Crippen MR) is 62.1 cm³/mol. The molecule has 15 heavy (non-hydrogen) atoms. The summed E-state index contributed by atoms with van der Waals surface area (Å²) in [6, 6.07) is 7.12. The molecule has 3 heteroatoms. The molecule has 1 unspecified atom stereocenters. The van der Waals surface area contributed by atoms with Crippen LogP contribution in [0.4, 0.5) is 0 Å². The van der Waals surface area contributed by atoms with Crippen LogP contribution in [0, 0.1) is 6.92 Å². The zero-order valence-electron chi connectivity index (χ0n) is 9.03. The molecule has 0 aliphatic heterocycles. The highest BCUT2D eigenvalue weighted by molar-refractivity contribution is 6.30. The third-order valence-electron chi connectivity index (χ3n) is 2.25. The molecular weight excluding hydrogens is 212 g/mol. The van der Waals surface area contributed by atoms with Gasteiger partial charge in [0.15, 0.2) is 0 Å². The maximum absolute atomic E-state index is 9.70. The standard InChI is InChI=1S/C12H16ClO2/c1-4-11(14)12(2,3)15-10-7-5-6-9(13)8-10/h5-8,11,14H,1,4H2,2-3H3. The average Bonchev–Trinajstić information content (AvgIpc) is 2.15. The van der Waals surface area contributed by atoms with Crippen molar-refractivity contribution in [3.05, 3.63) is 36.2 Å². The van der Waals surface area contributed by atoms with Crippen LogP contribution < -0.4 is 4.74 Å². The molecule has 83 valence electrons. The van der Waals surface area contributed by atoms with Crippen LogP contribution >= 0.6 is 11.6 Å². The van der Waals surface area contributed by atoms with Crippen molar-refractivity contribution < 1.29 is 9.84 Å². The predicted octanol–water partition coefficient (Wildman–Crippen LogP) is 3.08. The quantitative estimate of drug-likeness (QED) is 0.857. The Morgan fingerprint density at radius 1 is 1.53 bits per heavy atom. The summed E-state index contributed by atoms with van der Waals surface area (Å²) in [5, 5.41) is 10.3. The summed E-state index contributed by atoms with van der Waals surface area (Å²) >= 11 is 5.83. The van der Waals surface area contributed by atoms with Gasteiger partial charge in [0.25, 0.3) is 0 Å². The van der Waals surface area contributed by atoms with Crippen molar-refractivity contribution in [2.75, 3.05) is 0 Å². The minimum atomic E-state index is -0.660. The zero-order chi connectivity index (χ0) is 11.5. The van der Waals surface area contributed by atoms with Crippen LogP contribution in [-0.2, 0) is 0 Å². The largest absolute Gasteiger partial charge is 0.485 e. The molecule has 1 atom stereocenters. The lowest BCUT2D eigenvalue weighted by atomic mass is 9.99. The van der Waals surface area contributed by atoms with Gasteiger partial charge in [-0.05, 0) is 38.5 Å². The smallest absolute Gasteiger partial charge is 0.129 e. The van der Waals surface area contributed by atoms with Gasteiger partial charge in [0.05, 0.1) is 6.10 Å². The Morgan fingerprint density at radius 3 is 2.73 bits per heavy atom. The average molecular weight is 228 g/mol.